The van der Waals surface area contributed by atoms with Crippen LogP contribution in [0.25, 0.3) is 0 Å². The third kappa shape index (κ3) is 2.81. The van der Waals surface area contributed by atoms with Gasteiger partial charge in [-0.1, -0.05) is 6.07 Å². The number of rotatable bonds is 3. The molecule has 0 fully saturated rings. The van der Waals surface area contributed by atoms with Crippen molar-refractivity contribution in [3.05, 3.63) is 65.4 Å². The predicted octanol–water partition coefficient (Wildman–Crippen LogP) is 4.40. The number of methoxy groups -OCH3 is 1. The molecule has 150 valence electrons. The number of hydrogen-bond acceptors (Lipinski definition) is 7. The summed E-state index contributed by atoms with van der Waals surface area (Å²) >= 11 is 1.41. The largest absolute Gasteiger partial charge is 0.489 e. The van der Waals surface area contributed by atoms with Crippen LogP contribution in [-0.2, 0) is 17.5 Å². The Morgan fingerprint density at radius 3 is 2.86 bits per heavy atom. The van der Waals surface area contributed by atoms with E-state index in [0.29, 0.717) is 29.7 Å². The summed E-state index contributed by atoms with van der Waals surface area (Å²) in [6, 6.07) is 9.54. The van der Waals surface area contributed by atoms with Crippen LogP contribution in [0.15, 0.2) is 47.0 Å². The van der Waals surface area contributed by atoms with Gasteiger partial charge in [0.25, 0.3) is 0 Å². The Morgan fingerprint density at radius 1 is 1.24 bits per heavy atom. The van der Waals surface area contributed by atoms with Gasteiger partial charge in [-0.3, -0.25) is 4.31 Å². The lowest BCUT2D eigenvalue weighted by Gasteiger charge is -2.22. The van der Waals surface area contributed by atoms with Gasteiger partial charge in [-0.05, 0) is 36.2 Å². The van der Waals surface area contributed by atoms with Crippen LogP contribution in [0.3, 0.4) is 0 Å². The van der Waals surface area contributed by atoms with Gasteiger partial charge in [-0.2, -0.15) is 13.2 Å². The molecule has 0 saturated carbocycles. The number of aromatic nitrogens is 2. The van der Waals surface area contributed by atoms with Crippen LogP contribution in [-0.4, -0.2) is 23.7 Å². The Kier molecular flexibility index (Phi) is 3.95. The number of halogens is 3. The molecule has 0 bridgehead atoms. The molecule has 5 heterocycles. The zero-order valence-corrected chi connectivity index (χ0v) is 15.9. The summed E-state index contributed by atoms with van der Waals surface area (Å²) < 4.78 is 55.9. The minimum atomic E-state index is -4.52. The van der Waals surface area contributed by atoms with Crippen molar-refractivity contribution in [3.63, 3.8) is 0 Å². The van der Waals surface area contributed by atoms with Gasteiger partial charge >= 0.3 is 6.18 Å². The highest BCUT2D eigenvalue weighted by Crippen LogP contribution is 2.59. The monoisotopic (exact) mass is 421 g/mol. The number of nitrogens with zero attached hydrogens (tertiary/aromatic N) is 3. The molecule has 6 nitrogen and oxygen atoms in total. The third-order valence-electron chi connectivity index (χ3n) is 4.82. The molecule has 0 saturated heterocycles. The van der Waals surface area contributed by atoms with Crippen LogP contribution in [0.1, 0.15) is 22.8 Å². The van der Waals surface area contributed by atoms with Gasteiger partial charge in [-0.15, -0.1) is 0 Å². The summed E-state index contributed by atoms with van der Waals surface area (Å²) in [4.78, 5) is 9.04. The smallest absolute Gasteiger partial charge is 0.449 e. The second kappa shape index (κ2) is 6.31. The standard InChI is InChI=1S/C19H14F3N3O3S/c1-26-15-7-5-13-16(24-15)18(10-27-13)12-3-2-8-23-17(12)25(29-18)9-11-4-6-14(28-11)19(20,21)22/h2-8H,9-10H2,1H3. The Labute approximate surface area is 167 Å². The van der Waals surface area contributed by atoms with Crippen molar-refractivity contribution < 1.29 is 27.1 Å². The summed E-state index contributed by atoms with van der Waals surface area (Å²) in [7, 11) is 1.54. The number of furan rings is 1. The first-order valence-electron chi connectivity index (χ1n) is 8.67. The van der Waals surface area contributed by atoms with Gasteiger partial charge in [0.1, 0.15) is 34.4 Å². The first-order chi connectivity index (χ1) is 13.9. The highest BCUT2D eigenvalue weighted by molar-refractivity contribution is 8.02. The summed E-state index contributed by atoms with van der Waals surface area (Å²) in [6.45, 7) is 0.445. The average molecular weight is 421 g/mol. The number of ether oxygens (including phenoxy) is 2. The van der Waals surface area contributed by atoms with E-state index in [-0.39, 0.29) is 12.3 Å². The molecule has 0 aromatic carbocycles. The molecule has 1 atom stereocenters. The zero-order valence-electron chi connectivity index (χ0n) is 15.1. The van der Waals surface area contributed by atoms with Crippen molar-refractivity contribution in [2.24, 2.45) is 0 Å². The van der Waals surface area contributed by atoms with E-state index in [9.17, 15) is 13.2 Å². The Hall–Kier alpha value is -2.88. The van der Waals surface area contributed by atoms with Crippen molar-refractivity contribution >= 4 is 17.8 Å². The molecule has 10 heteroatoms. The van der Waals surface area contributed by atoms with E-state index in [0.717, 1.165) is 11.6 Å². The van der Waals surface area contributed by atoms with Crippen molar-refractivity contribution in [2.45, 2.75) is 17.5 Å². The summed E-state index contributed by atoms with van der Waals surface area (Å²) in [5, 5.41) is 0. The SMILES string of the molecule is COc1ccc2c(n1)C1(CO2)SN(Cc2ccc(C(F)(F)F)o2)c2ncccc21. The van der Waals surface area contributed by atoms with Crippen LogP contribution in [0.2, 0.25) is 0 Å². The quantitative estimate of drug-likeness (QED) is 0.581. The summed E-state index contributed by atoms with van der Waals surface area (Å²) in [5.74, 6) is 0.916. The summed E-state index contributed by atoms with van der Waals surface area (Å²) in [6.07, 6.45) is -2.88. The van der Waals surface area contributed by atoms with Crippen molar-refractivity contribution in [3.8, 4) is 11.6 Å². The fraction of sp³-hybridized carbons (Fsp3) is 0.263. The maximum Gasteiger partial charge on any atom is 0.449 e. The molecule has 5 rings (SSSR count). The number of fused-ring (bicyclic) bond motifs is 4. The molecular weight excluding hydrogens is 407 g/mol. The molecule has 3 aromatic heterocycles. The molecular formula is C19H14F3N3O3S. The minimum absolute atomic E-state index is 0.117. The lowest BCUT2D eigenvalue weighted by Crippen LogP contribution is -2.25. The molecule has 2 aliphatic rings. The second-order valence-corrected chi connectivity index (χ2v) is 7.90. The topological polar surface area (TPSA) is 60.6 Å². The summed E-state index contributed by atoms with van der Waals surface area (Å²) in [5.41, 5.74) is 1.58. The molecule has 1 unspecified atom stereocenters. The van der Waals surface area contributed by atoms with E-state index in [1.165, 1.54) is 25.1 Å². The van der Waals surface area contributed by atoms with Crippen LogP contribution in [0.4, 0.5) is 19.0 Å². The van der Waals surface area contributed by atoms with Crippen molar-refractivity contribution in [1.82, 2.24) is 9.97 Å². The van der Waals surface area contributed by atoms with Gasteiger partial charge in [0.05, 0.1) is 13.7 Å². The molecule has 1 spiro atoms. The van der Waals surface area contributed by atoms with Gasteiger partial charge in [0.2, 0.25) is 11.6 Å². The van der Waals surface area contributed by atoms with Gasteiger partial charge in [0, 0.05) is 17.8 Å². The van der Waals surface area contributed by atoms with E-state index >= 15 is 0 Å². The molecule has 0 radical (unpaired) electrons. The van der Waals surface area contributed by atoms with Gasteiger partial charge in [0.15, 0.2) is 0 Å². The molecule has 0 amide bonds. The van der Waals surface area contributed by atoms with E-state index in [1.807, 2.05) is 16.4 Å². The number of pyridine rings is 2. The highest BCUT2D eigenvalue weighted by Gasteiger charge is 2.53. The van der Waals surface area contributed by atoms with Crippen LogP contribution >= 0.6 is 11.9 Å². The minimum Gasteiger partial charge on any atom is -0.489 e. The normalized spacial score (nSPS) is 19.9. The zero-order chi connectivity index (χ0) is 20.2. The van der Waals surface area contributed by atoms with E-state index in [1.54, 1.807) is 18.3 Å². The molecule has 3 aromatic rings. The van der Waals surface area contributed by atoms with Crippen molar-refractivity contribution in [1.29, 1.82) is 0 Å². The lowest BCUT2D eigenvalue weighted by molar-refractivity contribution is -0.153. The third-order valence-corrected chi connectivity index (χ3v) is 6.18. The number of anilines is 1. The van der Waals surface area contributed by atoms with E-state index in [4.69, 9.17) is 13.9 Å². The average Bonchev–Trinajstić information content (AvgIpc) is 3.40. The Bertz CT molecular complexity index is 1090. The van der Waals surface area contributed by atoms with Gasteiger partial charge < -0.3 is 13.9 Å². The van der Waals surface area contributed by atoms with E-state index in [2.05, 4.69) is 9.97 Å². The highest BCUT2D eigenvalue weighted by atomic mass is 32.2. The molecule has 2 aliphatic heterocycles. The van der Waals surface area contributed by atoms with Crippen molar-refractivity contribution in [2.75, 3.05) is 18.0 Å². The molecule has 0 N–H and O–H groups in total. The maximum atomic E-state index is 12.9. The maximum absolute atomic E-state index is 12.9. The lowest BCUT2D eigenvalue weighted by atomic mass is 9.96. The first kappa shape index (κ1) is 18.2. The van der Waals surface area contributed by atoms with E-state index < -0.39 is 16.7 Å². The van der Waals surface area contributed by atoms with Crippen LogP contribution in [0, 0.1) is 0 Å². The second-order valence-electron chi connectivity index (χ2n) is 6.58. The van der Waals surface area contributed by atoms with Gasteiger partial charge in [-0.25, -0.2) is 9.97 Å². The number of hydrogen-bond donors (Lipinski definition) is 0. The molecule has 29 heavy (non-hydrogen) atoms. The molecule has 0 aliphatic carbocycles. The fourth-order valence-electron chi connectivity index (χ4n) is 3.53. The Balaban J connectivity index is 1.53. The fourth-order valence-corrected chi connectivity index (χ4v) is 4.93. The van der Waals surface area contributed by atoms with Crippen LogP contribution in [0.5, 0.6) is 11.6 Å². The number of alkyl halides is 3. The Morgan fingerprint density at radius 2 is 2.10 bits per heavy atom. The van der Waals surface area contributed by atoms with Crippen LogP contribution < -0.4 is 13.8 Å². The predicted molar refractivity (Wildman–Crippen MR) is 98.8 cm³/mol. The first-order valence-corrected chi connectivity index (χ1v) is 9.44.